The van der Waals surface area contributed by atoms with Crippen LogP contribution < -0.4 is 10.1 Å². The highest BCUT2D eigenvalue weighted by molar-refractivity contribution is 6.11. The third kappa shape index (κ3) is 3.38. The van der Waals surface area contributed by atoms with Crippen LogP contribution in [0.3, 0.4) is 0 Å². The second kappa shape index (κ2) is 6.76. The largest absolute Gasteiger partial charge is 0.480 e. The summed E-state index contributed by atoms with van der Waals surface area (Å²) < 4.78 is 5.54. The summed E-state index contributed by atoms with van der Waals surface area (Å²) in [4.78, 5) is 38.5. The highest BCUT2D eigenvalue weighted by Gasteiger charge is 2.35. The maximum atomic E-state index is 12.7. The van der Waals surface area contributed by atoms with E-state index in [9.17, 15) is 14.4 Å². The lowest BCUT2D eigenvalue weighted by atomic mass is 10.1. The van der Waals surface area contributed by atoms with Gasteiger partial charge in [-0.15, -0.1) is 0 Å². The van der Waals surface area contributed by atoms with Gasteiger partial charge in [-0.2, -0.15) is 0 Å². The standard InChI is InChI=1S/C19H18N2O4/c1-12-7-3-5-9-15(12)20-17(22)11-21-18(23)13(2)25-16-10-6-4-8-14(16)19(21)24/h3-10,13H,11H2,1-2H3,(H,20,22)/t13-/m0/s1. The predicted molar refractivity (Wildman–Crippen MR) is 92.4 cm³/mol. The molecule has 1 aliphatic heterocycles. The first-order valence-corrected chi connectivity index (χ1v) is 7.94. The molecule has 1 N–H and O–H groups in total. The smallest absolute Gasteiger partial charge is 0.270 e. The molecule has 2 aromatic carbocycles. The minimum Gasteiger partial charge on any atom is -0.480 e. The average molecular weight is 338 g/mol. The Morgan fingerprint density at radius 2 is 1.80 bits per heavy atom. The number of para-hydroxylation sites is 2. The van der Waals surface area contributed by atoms with Gasteiger partial charge in [-0.3, -0.25) is 19.3 Å². The Morgan fingerprint density at radius 1 is 1.12 bits per heavy atom. The van der Waals surface area contributed by atoms with Crippen molar-refractivity contribution in [3.8, 4) is 5.75 Å². The fraction of sp³-hybridized carbons (Fsp3) is 0.211. The number of rotatable bonds is 3. The van der Waals surface area contributed by atoms with Crippen LogP contribution in [0.1, 0.15) is 22.8 Å². The fourth-order valence-corrected chi connectivity index (χ4v) is 2.65. The van der Waals surface area contributed by atoms with Crippen molar-refractivity contribution in [1.82, 2.24) is 4.90 Å². The summed E-state index contributed by atoms with van der Waals surface area (Å²) in [5, 5.41) is 2.73. The number of fused-ring (bicyclic) bond motifs is 1. The van der Waals surface area contributed by atoms with Crippen LogP contribution in [0.25, 0.3) is 0 Å². The van der Waals surface area contributed by atoms with Gasteiger partial charge in [0.25, 0.3) is 11.8 Å². The summed E-state index contributed by atoms with van der Waals surface area (Å²) in [5.41, 5.74) is 1.81. The first kappa shape index (κ1) is 16.7. The van der Waals surface area contributed by atoms with Crippen molar-refractivity contribution < 1.29 is 19.1 Å². The molecule has 0 radical (unpaired) electrons. The van der Waals surface area contributed by atoms with Crippen molar-refractivity contribution in [3.63, 3.8) is 0 Å². The number of benzene rings is 2. The molecule has 0 saturated carbocycles. The van der Waals surface area contributed by atoms with Gasteiger partial charge >= 0.3 is 0 Å². The van der Waals surface area contributed by atoms with E-state index in [1.165, 1.54) is 0 Å². The molecule has 25 heavy (non-hydrogen) atoms. The number of hydrogen-bond donors (Lipinski definition) is 1. The Labute approximate surface area is 145 Å². The molecular formula is C19H18N2O4. The first-order chi connectivity index (χ1) is 12.0. The summed E-state index contributed by atoms with van der Waals surface area (Å²) >= 11 is 0. The number of nitrogens with zero attached hydrogens (tertiary/aromatic N) is 1. The Morgan fingerprint density at radius 3 is 2.56 bits per heavy atom. The van der Waals surface area contributed by atoms with Gasteiger partial charge in [0.15, 0.2) is 6.10 Å². The van der Waals surface area contributed by atoms with Crippen molar-refractivity contribution in [3.05, 3.63) is 59.7 Å². The number of carbonyl (C=O) groups excluding carboxylic acids is 3. The van der Waals surface area contributed by atoms with E-state index in [0.29, 0.717) is 11.4 Å². The van der Waals surface area contributed by atoms with Gasteiger partial charge in [0.05, 0.1) is 5.56 Å². The number of carbonyl (C=O) groups is 3. The molecule has 128 valence electrons. The number of imide groups is 1. The molecule has 1 atom stereocenters. The average Bonchev–Trinajstić information content (AvgIpc) is 2.68. The van der Waals surface area contributed by atoms with Crippen molar-refractivity contribution in [2.45, 2.75) is 20.0 Å². The lowest BCUT2D eigenvalue weighted by Gasteiger charge is -2.20. The number of amides is 3. The van der Waals surface area contributed by atoms with E-state index in [1.807, 2.05) is 19.1 Å². The van der Waals surface area contributed by atoms with Crippen molar-refractivity contribution in [1.29, 1.82) is 0 Å². The number of anilines is 1. The monoisotopic (exact) mass is 338 g/mol. The highest BCUT2D eigenvalue weighted by Crippen LogP contribution is 2.25. The van der Waals surface area contributed by atoms with Gasteiger partial charge in [0, 0.05) is 5.69 Å². The molecule has 2 aromatic rings. The van der Waals surface area contributed by atoms with Gasteiger partial charge in [-0.25, -0.2) is 0 Å². The zero-order valence-electron chi connectivity index (χ0n) is 14.0. The van der Waals surface area contributed by atoms with E-state index < -0.39 is 23.8 Å². The summed E-state index contributed by atoms with van der Waals surface area (Å²) in [5.74, 6) is -1.18. The van der Waals surface area contributed by atoms with Gasteiger partial charge < -0.3 is 10.1 Å². The molecule has 0 fully saturated rings. The molecule has 0 spiro atoms. The van der Waals surface area contributed by atoms with Crippen LogP contribution in [0.15, 0.2) is 48.5 Å². The normalized spacial score (nSPS) is 16.7. The molecule has 0 unspecified atom stereocenters. The second-order valence-electron chi connectivity index (χ2n) is 5.85. The van der Waals surface area contributed by atoms with Crippen LogP contribution in [-0.2, 0) is 9.59 Å². The summed E-state index contributed by atoms with van der Waals surface area (Å²) in [6.07, 6.45) is -0.848. The lowest BCUT2D eigenvalue weighted by molar-refractivity contribution is -0.137. The van der Waals surface area contributed by atoms with E-state index in [1.54, 1.807) is 43.3 Å². The molecule has 0 aliphatic carbocycles. The molecular weight excluding hydrogens is 320 g/mol. The minimum atomic E-state index is -0.848. The Hall–Kier alpha value is -3.15. The van der Waals surface area contributed by atoms with Gasteiger partial charge in [0.1, 0.15) is 12.3 Å². The molecule has 3 rings (SSSR count). The predicted octanol–water partition coefficient (Wildman–Crippen LogP) is 2.38. The lowest BCUT2D eigenvalue weighted by Crippen LogP contribution is -2.45. The minimum absolute atomic E-state index is 0.267. The molecule has 6 heteroatoms. The first-order valence-electron chi connectivity index (χ1n) is 7.94. The molecule has 0 bridgehead atoms. The van der Waals surface area contributed by atoms with Gasteiger partial charge in [-0.05, 0) is 37.6 Å². The third-order valence-electron chi connectivity index (χ3n) is 4.00. The summed E-state index contributed by atoms with van der Waals surface area (Å²) in [7, 11) is 0. The number of hydrogen-bond acceptors (Lipinski definition) is 4. The van der Waals surface area contributed by atoms with E-state index >= 15 is 0 Å². The molecule has 1 heterocycles. The zero-order valence-corrected chi connectivity index (χ0v) is 14.0. The van der Waals surface area contributed by atoms with Crippen molar-refractivity contribution in [2.75, 3.05) is 11.9 Å². The number of ether oxygens (including phenoxy) is 1. The van der Waals surface area contributed by atoms with E-state index in [-0.39, 0.29) is 12.1 Å². The van der Waals surface area contributed by atoms with Gasteiger partial charge in [-0.1, -0.05) is 30.3 Å². The summed E-state index contributed by atoms with van der Waals surface area (Å²) in [6, 6.07) is 13.9. The van der Waals surface area contributed by atoms with Crippen molar-refractivity contribution in [2.24, 2.45) is 0 Å². The zero-order chi connectivity index (χ0) is 18.0. The molecule has 6 nitrogen and oxygen atoms in total. The Balaban J connectivity index is 1.83. The van der Waals surface area contributed by atoms with Crippen LogP contribution in [-0.4, -0.2) is 35.3 Å². The van der Waals surface area contributed by atoms with Crippen LogP contribution in [0.2, 0.25) is 0 Å². The van der Waals surface area contributed by atoms with Gasteiger partial charge in [0.2, 0.25) is 5.91 Å². The number of aryl methyl sites for hydroxylation is 1. The van der Waals surface area contributed by atoms with Crippen LogP contribution >= 0.6 is 0 Å². The maximum absolute atomic E-state index is 12.7. The quantitative estimate of drug-likeness (QED) is 0.872. The van der Waals surface area contributed by atoms with E-state index in [4.69, 9.17) is 4.74 Å². The molecule has 0 saturated heterocycles. The third-order valence-corrected chi connectivity index (χ3v) is 4.00. The molecule has 3 amide bonds. The van der Waals surface area contributed by atoms with Crippen LogP contribution in [0.4, 0.5) is 5.69 Å². The van der Waals surface area contributed by atoms with E-state index in [0.717, 1.165) is 10.5 Å². The van der Waals surface area contributed by atoms with Crippen LogP contribution in [0, 0.1) is 6.92 Å². The number of nitrogens with one attached hydrogen (secondary N) is 1. The Bertz CT molecular complexity index is 847. The topological polar surface area (TPSA) is 75.7 Å². The maximum Gasteiger partial charge on any atom is 0.270 e. The SMILES string of the molecule is Cc1ccccc1NC(=O)CN1C(=O)c2ccccc2O[C@@H](C)C1=O. The molecule has 0 aromatic heterocycles. The van der Waals surface area contributed by atoms with Crippen LogP contribution in [0.5, 0.6) is 5.75 Å². The highest BCUT2D eigenvalue weighted by atomic mass is 16.5. The van der Waals surface area contributed by atoms with Crippen molar-refractivity contribution >= 4 is 23.4 Å². The Kier molecular flexibility index (Phi) is 4.52. The fourth-order valence-electron chi connectivity index (χ4n) is 2.65. The molecule has 1 aliphatic rings. The second-order valence-corrected chi connectivity index (χ2v) is 5.85. The summed E-state index contributed by atoms with van der Waals surface area (Å²) in [6.45, 7) is 3.06. The van der Waals surface area contributed by atoms with E-state index in [2.05, 4.69) is 5.32 Å².